The Balaban J connectivity index is 2.64. The first-order valence-electron chi connectivity index (χ1n) is 7.21. The summed E-state index contributed by atoms with van der Waals surface area (Å²) in [6.07, 6.45) is 0.606. The summed E-state index contributed by atoms with van der Waals surface area (Å²) in [5, 5.41) is 8.85. The first-order chi connectivity index (χ1) is 9.58. The van der Waals surface area contributed by atoms with Crippen molar-refractivity contribution in [3.63, 3.8) is 0 Å². The molecule has 0 radical (unpaired) electrons. The molecular formula is C16H25NO3. The second-order valence-corrected chi connectivity index (χ2v) is 5.19. The van der Waals surface area contributed by atoms with Gasteiger partial charge in [0, 0.05) is 25.3 Å². The van der Waals surface area contributed by atoms with Gasteiger partial charge in [-0.2, -0.15) is 0 Å². The highest BCUT2D eigenvalue weighted by molar-refractivity contribution is 5.94. The Morgan fingerprint density at radius 2 is 1.95 bits per heavy atom. The summed E-state index contributed by atoms with van der Waals surface area (Å²) in [5.41, 5.74) is 0.654. The number of hydrogen-bond acceptors (Lipinski definition) is 3. The number of amides is 1. The lowest BCUT2D eigenvalue weighted by Gasteiger charge is -2.20. The first kappa shape index (κ1) is 16.5. The van der Waals surface area contributed by atoms with Gasteiger partial charge in [-0.25, -0.2) is 0 Å². The van der Waals surface area contributed by atoms with Crippen LogP contribution >= 0.6 is 0 Å². The fourth-order valence-electron chi connectivity index (χ4n) is 1.80. The van der Waals surface area contributed by atoms with Crippen molar-refractivity contribution in [1.29, 1.82) is 0 Å². The topological polar surface area (TPSA) is 49.8 Å². The van der Waals surface area contributed by atoms with E-state index < -0.39 is 0 Å². The van der Waals surface area contributed by atoms with Gasteiger partial charge in [0.15, 0.2) is 0 Å². The Hall–Kier alpha value is -1.55. The molecule has 1 N–H and O–H groups in total. The third kappa shape index (κ3) is 5.21. The summed E-state index contributed by atoms with van der Waals surface area (Å²) < 4.78 is 5.60. The van der Waals surface area contributed by atoms with Gasteiger partial charge in [-0.15, -0.1) is 0 Å². The van der Waals surface area contributed by atoms with Gasteiger partial charge in [0.25, 0.3) is 5.91 Å². The van der Waals surface area contributed by atoms with Crippen molar-refractivity contribution < 1.29 is 14.6 Å². The molecule has 0 aromatic heterocycles. The third-order valence-electron chi connectivity index (χ3n) is 2.94. The van der Waals surface area contributed by atoms with Gasteiger partial charge in [-0.3, -0.25) is 4.79 Å². The van der Waals surface area contributed by atoms with Crippen LogP contribution in [-0.4, -0.2) is 42.2 Å². The van der Waals surface area contributed by atoms with Crippen LogP contribution in [0.3, 0.4) is 0 Å². The van der Waals surface area contributed by atoms with Crippen molar-refractivity contribution >= 4 is 5.91 Å². The highest BCUT2D eigenvalue weighted by atomic mass is 16.5. The van der Waals surface area contributed by atoms with Crippen LogP contribution in [0.4, 0.5) is 0 Å². The van der Waals surface area contributed by atoms with E-state index in [1.807, 2.05) is 19.1 Å². The van der Waals surface area contributed by atoms with Crippen LogP contribution in [0.2, 0.25) is 0 Å². The predicted molar refractivity (Wildman–Crippen MR) is 80.1 cm³/mol. The number of carbonyl (C=O) groups is 1. The van der Waals surface area contributed by atoms with Crippen LogP contribution in [0.1, 0.15) is 37.6 Å². The number of carbonyl (C=O) groups excluding carboxylic acids is 1. The Bertz CT molecular complexity index is 401. The largest absolute Gasteiger partial charge is 0.493 e. The number of aliphatic hydroxyl groups is 1. The molecule has 112 valence electrons. The second kappa shape index (κ2) is 8.59. The summed E-state index contributed by atoms with van der Waals surface area (Å²) in [4.78, 5) is 14.0. The molecule has 0 aliphatic carbocycles. The molecule has 0 aliphatic rings. The van der Waals surface area contributed by atoms with Crippen molar-refractivity contribution in [3.05, 3.63) is 29.8 Å². The van der Waals surface area contributed by atoms with E-state index in [1.54, 1.807) is 17.0 Å². The molecule has 0 fully saturated rings. The zero-order valence-electron chi connectivity index (χ0n) is 12.6. The van der Waals surface area contributed by atoms with E-state index in [0.29, 0.717) is 37.6 Å². The van der Waals surface area contributed by atoms with Crippen LogP contribution < -0.4 is 4.74 Å². The van der Waals surface area contributed by atoms with Crippen LogP contribution in [0.15, 0.2) is 24.3 Å². The fourth-order valence-corrected chi connectivity index (χ4v) is 1.80. The zero-order valence-corrected chi connectivity index (χ0v) is 12.6. The highest BCUT2D eigenvalue weighted by Crippen LogP contribution is 2.15. The number of aliphatic hydroxyl groups excluding tert-OH is 1. The molecule has 1 aromatic rings. The van der Waals surface area contributed by atoms with Crippen LogP contribution in [0.5, 0.6) is 5.75 Å². The number of hydrogen-bond donors (Lipinski definition) is 1. The minimum atomic E-state index is -0.00337. The SMILES string of the molecule is CCN(CCCO)C(=O)c1ccc(OCC(C)C)cc1. The Labute approximate surface area is 121 Å². The molecule has 1 aromatic carbocycles. The van der Waals surface area contributed by atoms with Crippen molar-refractivity contribution in [2.24, 2.45) is 5.92 Å². The summed E-state index contributed by atoms with van der Waals surface area (Å²) in [7, 11) is 0. The molecule has 0 bridgehead atoms. The van der Waals surface area contributed by atoms with E-state index in [2.05, 4.69) is 13.8 Å². The van der Waals surface area contributed by atoms with Gasteiger partial charge in [0.2, 0.25) is 0 Å². The van der Waals surface area contributed by atoms with Gasteiger partial charge in [-0.1, -0.05) is 13.8 Å². The number of benzene rings is 1. The normalized spacial score (nSPS) is 10.7. The van der Waals surface area contributed by atoms with Crippen LogP contribution in [0.25, 0.3) is 0 Å². The predicted octanol–water partition coefficient (Wildman–Crippen LogP) is 2.57. The van der Waals surface area contributed by atoms with E-state index in [1.165, 1.54) is 0 Å². The van der Waals surface area contributed by atoms with Crippen molar-refractivity contribution in [1.82, 2.24) is 4.90 Å². The number of rotatable bonds is 8. The molecule has 0 saturated carbocycles. The Kier molecular flexibility index (Phi) is 7.09. The summed E-state index contributed by atoms with van der Waals surface area (Å²) >= 11 is 0. The van der Waals surface area contributed by atoms with E-state index in [9.17, 15) is 4.79 Å². The minimum absolute atomic E-state index is 0.00337. The van der Waals surface area contributed by atoms with Gasteiger partial charge >= 0.3 is 0 Å². The lowest BCUT2D eigenvalue weighted by molar-refractivity contribution is 0.0754. The molecule has 20 heavy (non-hydrogen) atoms. The highest BCUT2D eigenvalue weighted by Gasteiger charge is 2.13. The van der Waals surface area contributed by atoms with Crippen LogP contribution in [0, 0.1) is 5.92 Å². The van der Waals surface area contributed by atoms with E-state index in [-0.39, 0.29) is 12.5 Å². The maximum atomic E-state index is 12.3. The first-order valence-corrected chi connectivity index (χ1v) is 7.21. The van der Waals surface area contributed by atoms with Gasteiger partial charge in [-0.05, 0) is 43.5 Å². The van der Waals surface area contributed by atoms with Gasteiger partial charge in [0.05, 0.1) is 6.61 Å². The lowest BCUT2D eigenvalue weighted by Crippen LogP contribution is -2.32. The lowest BCUT2D eigenvalue weighted by atomic mass is 10.2. The quantitative estimate of drug-likeness (QED) is 0.795. The van der Waals surface area contributed by atoms with Gasteiger partial charge < -0.3 is 14.7 Å². The van der Waals surface area contributed by atoms with E-state index in [0.717, 1.165) is 5.75 Å². The molecule has 1 rings (SSSR count). The maximum absolute atomic E-state index is 12.3. The molecule has 0 heterocycles. The van der Waals surface area contributed by atoms with Gasteiger partial charge in [0.1, 0.15) is 5.75 Å². The van der Waals surface area contributed by atoms with Crippen molar-refractivity contribution in [3.8, 4) is 5.75 Å². The van der Waals surface area contributed by atoms with Crippen molar-refractivity contribution in [2.75, 3.05) is 26.3 Å². The minimum Gasteiger partial charge on any atom is -0.493 e. The Morgan fingerprint density at radius 3 is 2.45 bits per heavy atom. The monoisotopic (exact) mass is 279 g/mol. The molecule has 0 unspecified atom stereocenters. The van der Waals surface area contributed by atoms with E-state index in [4.69, 9.17) is 9.84 Å². The number of nitrogens with zero attached hydrogens (tertiary/aromatic N) is 1. The van der Waals surface area contributed by atoms with Crippen molar-refractivity contribution in [2.45, 2.75) is 27.2 Å². The molecular weight excluding hydrogens is 254 g/mol. The van der Waals surface area contributed by atoms with E-state index >= 15 is 0 Å². The third-order valence-corrected chi connectivity index (χ3v) is 2.94. The zero-order chi connectivity index (χ0) is 15.0. The molecule has 0 atom stereocenters. The average molecular weight is 279 g/mol. The summed E-state index contributed by atoms with van der Waals surface area (Å²) in [5.74, 6) is 1.26. The molecule has 4 heteroatoms. The maximum Gasteiger partial charge on any atom is 0.253 e. The smallest absolute Gasteiger partial charge is 0.253 e. The molecule has 0 saturated heterocycles. The average Bonchev–Trinajstić information content (AvgIpc) is 2.46. The Morgan fingerprint density at radius 1 is 1.30 bits per heavy atom. The fraction of sp³-hybridized carbons (Fsp3) is 0.562. The number of ether oxygens (including phenoxy) is 1. The summed E-state index contributed by atoms with van der Waals surface area (Å²) in [6.45, 7) is 8.13. The molecule has 4 nitrogen and oxygen atoms in total. The molecule has 0 aliphatic heterocycles. The summed E-state index contributed by atoms with van der Waals surface area (Å²) in [6, 6.07) is 7.24. The molecule has 0 spiro atoms. The van der Waals surface area contributed by atoms with Crippen LogP contribution in [-0.2, 0) is 0 Å². The second-order valence-electron chi connectivity index (χ2n) is 5.19. The standard InChI is InChI=1S/C16H25NO3/c1-4-17(10-5-11-18)16(19)14-6-8-15(9-7-14)20-12-13(2)3/h6-9,13,18H,4-5,10-12H2,1-3H3. The molecule has 1 amide bonds.